The Hall–Kier alpha value is -2.38. The number of rotatable bonds is 5. The van der Waals surface area contributed by atoms with Gasteiger partial charge in [0.05, 0.1) is 24.4 Å². The first kappa shape index (κ1) is 16.5. The number of hydrogen-bond donors (Lipinski definition) is 1. The fourth-order valence-electron chi connectivity index (χ4n) is 2.13. The van der Waals surface area contributed by atoms with E-state index in [1.165, 1.54) is 11.8 Å². The zero-order valence-corrected chi connectivity index (χ0v) is 14.6. The van der Waals surface area contributed by atoms with Gasteiger partial charge in [0.2, 0.25) is 0 Å². The Morgan fingerprint density at radius 1 is 1.33 bits per heavy atom. The lowest BCUT2D eigenvalue weighted by molar-refractivity contribution is -0.121. The molecule has 1 aromatic carbocycles. The largest absolute Gasteiger partial charge is 0.497 e. The quantitative estimate of drug-likeness (QED) is 0.654. The second-order valence-electron chi connectivity index (χ2n) is 4.96. The van der Waals surface area contributed by atoms with Crippen LogP contribution in [0, 0.1) is 0 Å². The zero-order valence-electron chi connectivity index (χ0n) is 12.9. The maximum absolute atomic E-state index is 12.5. The van der Waals surface area contributed by atoms with Gasteiger partial charge in [-0.1, -0.05) is 36.1 Å². The number of nitrogens with zero attached hydrogens (tertiary/aromatic N) is 2. The number of thioether (sulfide) groups is 1. The zero-order chi connectivity index (χ0) is 16.9. The number of anilines is 1. The predicted molar refractivity (Wildman–Crippen MR) is 101 cm³/mol. The van der Waals surface area contributed by atoms with Gasteiger partial charge in [-0.15, -0.1) is 0 Å². The summed E-state index contributed by atoms with van der Waals surface area (Å²) in [6.07, 6.45) is 5.23. The van der Waals surface area contributed by atoms with Gasteiger partial charge >= 0.3 is 0 Å². The molecule has 2 aromatic rings. The number of ether oxygens (including phenoxy) is 1. The van der Waals surface area contributed by atoms with Gasteiger partial charge in [-0.25, -0.2) is 0 Å². The summed E-state index contributed by atoms with van der Waals surface area (Å²) in [7, 11) is 1.62. The first-order valence-corrected chi connectivity index (χ1v) is 8.43. The van der Waals surface area contributed by atoms with E-state index >= 15 is 0 Å². The number of carbonyl (C=O) groups is 1. The van der Waals surface area contributed by atoms with Crippen LogP contribution in [0.4, 0.5) is 5.69 Å². The highest BCUT2D eigenvalue weighted by atomic mass is 32.2. The fraction of sp³-hybridized carbons (Fsp3) is 0.118. The van der Waals surface area contributed by atoms with Crippen LogP contribution in [0.3, 0.4) is 0 Å². The normalized spacial score (nSPS) is 15.9. The van der Waals surface area contributed by atoms with E-state index in [1.807, 2.05) is 42.5 Å². The molecule has 1 N–H and O–H groups in total. The first-order valence-electron chi connectivity index (χ1n) is 7.20. The Balaban J connectivity index is 1.69. The van der Waals surface area contributed by atoms with Crippen molar-refractivity contribution in [2.45, 2.75) is 0 Å². The van der Waals surface area contributed by atoms with Crippen LogP contribution in [0.1, 0.15) is 5.56 Å². The Kier molecular flexibility index (Phi) is 5.12. The molecule has 1 fully saturated rings. The minimum Gasteiger partial charge on any atom is -0.497 e. The van der Waals surface area contributed by atoms with E-state index in [9.17, 15) is 4.79 Å². The van der Waals surface area contributed by atoms with Crippen LogP contribution in [0.2, 0.25) is 0 Å². The highest BCUT2D eigenvalue weighted by Crippen LogP contribution is 2.32. The van der Waals surface area contributed by atoms with Gasteiger partial charge < -0.3 is 10.1 Å². The molecule has 1 aromatic heterocycles. The summed E-state index contributed by atoms with van der Waals surface area (Å²) in [6.45, 7) is 0.316. The van der Waals surface area contributed by atoms with Crippen molar-refractivity contribution in [1.82, 2.24) is 9.88 Å². The van der Waals surface area contributed by atoms with Gasteiger partial charge in [0.25, 0.3) is 5.91 Å². The molecule has 0 aliphatic carbocycles. The molecule has 122 valence electrons. The standard InChI is InChI=1S/C17H15N3O2S2/c1-22-14-6-4-12(5-7-14)9-15-16(21)20(17(23)24-15)11-19-13-3-2-8-18-10-13/h2-10,19H,11H2,1H3/b15-9-. The average Bonchev–Trinajstić information content (AvgIpc) is 2.88. The molecule has 1 amide bonds. The highest BCUT2D eigenvalue weighted by molar-refractivity contribution is 8.26. The van der Waals surface area contributed by atoms with Crippen LogP contribution >= 0.6 is 24.0 Å². The molecule has 7 heteroatoms. The molecule has 1 saturated heterocycles. The monoisotopic (exact) mass is 357 g/mol. The summed E-state index contributed by atoms with van der Waals surface area (Å²) in [5.74, 6) is 0.678. The molecule has 0 radical (unpaired) electrons. The second-order valence-corrected chi connectivity index (χ2v) is 6.64. The molecular weight excluding hydrogens is 342 g/mol. The van der Waals surface area contributed by atoms with Crippen LogP contribution in [0.25, 0.3) is 6.08 Å². The number of hydrogen-bond acceptors (Lipinski definition) is 6. The van der Waals surface area contributed by atoms with Crippen molar-refractivity contribution in [3.8, 4) is 5.75 Å². The van der Waals surface area contributed by atoms with Crippen molar-refractivity contribution < 1.29 is 9.53 Å². The molecule has 0 bridgehead atoms. The number of amides is 1. The molecule has 24 heavy (non-hydrogen) atoms. The average molecular weight is 357 g/mol. The number of pyridine rings is 1. The second kappa shape index (κ2) is 7.46. The van der Waals surface area contributed by atoms with Gasteiger partial charge in [0, 0.05) is 12.4 Å². The molecule has 5 nitrogen and oxygen atoms in total. The van der Waals surface area contributed by atoms with Gasteiger partial charge in [-0.05, 0) is 35.9 Å². The molecule has 1 aliphatic heterocycles. The number of carbonyl (C=O) groups excluding carboxylic acids is 1. The first-order chi connectivity index (χ1) is 11.7. The SMILES string of the molecule is COc1ccc(/C=C2\SC(=S)N(CNc3cccnc3)C2=O)cc1. The Bertz CT molecular complexity index is 776. The maximum Gasteiger partial charge on any atom is 0.267 e. The van der Waals surface area contributed by atoms with E-state index in [0.29, 0.717) is 15.9 Å². The molecule has 0 unspecified atom stereocenters. The topological polar surface area (TPSA) is 54.5 Å². The summed E-state index contributed by atoms with van der Waals surface area (Å²) in [5, 5.41) is 3.14. The summed E-state index contributed by atoms with van der Waals surface area (Å²) in [6, 6.07) is 11.2. The predicted octanol–water partition coefficient (Wildman–Crippen LogP) is 3.36. The third kappa shape index (κ3) is 3.74. The number of methoxy groups -OCH3 is 1. The minimum absolute atomic E-state index is 0.0998. The third-order valence-electron chi connectivity index (χ3n) is 3.39. The molecule has 1 aliphatic rings. The van der Waals surface area contributed by atoms with E-state index in [-0.39, 0.29) is 5.91 Å². The summed E-state index contributed by atoms with van der Waals surface area (Å²) < 4.78 is 5.67. The smallest absolute Gasteiger partial charge is 0.267 e. The molecule has 0 saturated carbocycles. The van der Waals surface area contributed by atoms with E-state index in [0.717, 1.165) is 17.0 Å². The van der Waals surface area contributed by atoms with E-state index in [2.05, 4.69) is 10.3 Å². The summed E-state index contributed by atoms with van der Waals surface area (Å²) >= 11 is 6.62. The van der Waals surface area contributed by atoms with Gasteiger partial charge in [-0.2, -0.15) is 0 Å². The Labute approximate surface area is 149 Å². The molecular formula is C17H15N3O2S2. The third-order valence-corrected chi connectivity index (χ3v) is 4.77. The van der Waals surface area contributed by atoms with Crippen LogP contribution in [-0.4, -0.2) is 33.9 Å². The van der Waals surface area contributed by atoms with Crippen molar-refractivity contribution >= 4 is 46.0 Å². The van der Waals surface area contributed by atoms with Crippen molar-refractivity contribution in [3.63, 3.8) is 0 Å². The maximum atomic E-state index is 12.5. The van der Waals surface area contributed by atoms with Crippen LogP contribution in [0.5, 0.6) is 5.75 Å². The van der Waals surface area contributed by atoms with Crippen molar-refractivity contribution in [2.24, 2.45) is 0 Å². The van der Waals surface area contributed by atoms with Crippen LogP contribution in [0.15, 0.2) is 53.7 Å². The van der Waals surface area contributed by atoms with Crippen molar-refractivity contribution in [2.75, 3.05) is 19.1 Å². The Morgan fingerprint density at radius 2 is 2.12 bits per heavy atom. The lowest BCUT2D eigenvalue weighted by Crippen LogP contribution is -2.33. The summed E-state index contributed by atoms with van der Waals surface area (Å²) in [4.78, 5) is 18.7. The van der Waals surface area contributed by atoms with Crippen molar-refractivity contribution in [3.05, 3.63) is 59.3 Å². The van der Waals surface area contributed by atoms with E-state index in [1.54, 1.807) is 24.4 Å². The van der Waals surface area contributed by atoms with Gasteiger partial charge in [0.1, 0.15) is 10.1 Å². The summed E-state index contributed by atoms with van der Waals surface area (Å²) in [5.41, 5.74) is 1.77. The fourth-order valence-corrected chi connectivity index (χ4v) is 3.38. The van der Waals surface area contributed by atoms with Crippen LogP contribution in [-0.2, 0) is 4.79 Å². The number of benzene rings is 1. The highest BCUT2D eigenvalue weighted by Gasteiger charge is 2.31. The number of aromatic nitrogens is 1. The number of thiocarbonyl (C=S) groups is 1. The van der Waals surface area contributed by atoms with Gasteiger partial charge in [-0.3, -0.25) is 14.7 Å². The van der Waals surface area contributed by atoms with E-state index in [4.69, 9.17) is 17.0 Å². The van der Waals surface area contributed by atoms with Gasteiger partial charge in [0.15, 0.2) is 0 Å². The lowest BCUT2D eigenvalue weighted by atomic mass is 10.2. The lowest BCUT2D eigenvalue weighted by Gasteiger charge is -2.15. The minimum atomic E-state index is -0.0998. The molecule has 3 rings (SSSR count). The van der Waals surface area contributed by atoms with Crippen molar-refractivity contribution in [1.29, 1.82) is 0 Å². The number of nitrogens with one attached hydrogen (secondary N) is 1. The van der Waals surface area contributed by atoms with Crippen LogP contribution < -0.4 is 10.1 Å². The Morgan fingerprint density at radius 3 is 2.79 bits per heavy atom. The molecule has 2 heterocycles. The molecule has 0 atom stereocenters. The van der Waals surface area contributed by atoms with E-state index < -0.39 is 0 Å². The molecule has 0 spiro atoms.